The molecule has 1 aromatic carbocycles. The predicted molar refractivity (Wildman–Crippen MR) is 83.0 cm³/mol. The Morgan fingerprint density at radius 3 is 2.77 bits per heavy atom. The molecule has 1 atom stereocenters. The fourth-order valence-corrected chi connectivity index (χ4v) is 3.48. The fourth-order valence-electron chi connectivity index (χ4n) is 2.56. The molecule has 5 nitrogen and oxygen atoms in total. The molecule has 0 bridgehead atoms. The Hall–Kier alpha value is -2.21. The Morgan fingerprint density at radius 1 is 1.32 bits per heavy atom. The van der Waals surface area contributed by atoms with Crippen molar-refractivity contribution in [3.05, 3.63) is 52.0 Å². The third-order valence-corrected chi connectivity index (χ3v) is 4.77. The third-order valence-electron chi connectivity index (χ3n) is 3.79. The van der Waals surface area contributed by atoms with Crippen molar-refractivity contribution in [3.63, 3.8) is 0 Å². The topological polar surface area (TPSA) is 70.5 Å². The zero-order valence-corrected chi connectivity index (χ0v) is 12.8. The number of carbonyl (C=O) groups is 2. The van der Waals surface area contributed by atoms with Gasteiger partial charge in [-0.1, -0.05) is 30.3 Å². The average molecular weight is 316 g/mol. The Balaban J connectivity index is 1.66. The number of carboxylic acid groups (broad SMARTS) is 1. The highest BCUT2D eigenvalue weighted by Gasteiger charge is 2.31. The Morgan fingerprint density at radius 2 is 2.09 bits per heavy atom. The summed E-state index contributed by atoms with van der Waals surface area (Å²) in [7, 11) is 0. The van der Waals surface area contributed by atoms with Crippen molar-refractivity contribution in [2.75, 3.05) is 13.1 Å². The maximum atomic E-state index is 12.4. The number of thiazole rings is 1. The summed E-state index contributed by atoms with van der Waals surface area (Å²) < 4.78 is 0. The molecule has 1 fully saturated rings. The van der Waals surface area contributed by atoms with Gasteiger partial charge in [-0.3, -0.25) is 9.59 Å². The van der Waals surface area contributed by atoms with Crippen molar-refractivity contribution in [2.24, 2.45) is 5.92 Å². The van der Waals surface area contributed by atoms with E-state index in [0.717, 1.165) is 10.6 Å². The monoisotopic (exact) mass is 316 g/mol. The highest BCUT2D eigenvalue weighted by molar-refractivity contribution is 7.13. The van der Waals surface area contributed by atoms with Crippen molar-refractivity contribution in [1.29, 1.82) is 0 Å². The lowest BCUT2D eigenvalue weighted by Crippen LogP contribution is -2.29. The second kappa shape index (κ2) is 6.27. The van der Waals surface area contributed by atoms with Crippen LogP contribution < -0.4 is 0 Å². The largest absolute Gasteiger partial charge is 0.481 e. The molecule has 1 unspecified atom stereocenters. The molecule has 1 aliphatic heterocycles. The van der Waals surface area contributed by atoms with E-state index in [0.29, 0.717) is 30.8 Å². The van der Waals surface area contributed by atoms with Crippen LogP contribution in [0.4, 0.5) is 0 Å². The number of hydrogen-bond donors (Lipinski definition) is 1. The lowest BCUT2D eigenvalue weighted by atomic mass is 10.1. The predicted octanol–water partition coefficient (Wildman–Crippen LogP) is 2.28. The van der Waals surface area contributed by atoms with E-state index >= 15 is 0 Å². The molecular weight excluding hydrogens is 300 g/mol. The number of rotatable bonds is 4. The van der Waals surface area contributed by atoms with Gasteiger partial charge in [0, 0.05) is 19.5 Å². The van der Waals surface area contributed by atoms with Gasteiger partial charge in [0.15, 0.2) is 0 Å². The molecule has 114 valence electrons. The molecule has 3 rings (SSSR count). The molecule has 22 heavy (non-hydrogen) atoms. The number of amides is 1. The molecule has 0 aliphatic carbocycles. The standard InChI is InChI=1S/C16H16N2O3S/c19-15(18-7-6-12(10-18)16(20)21)13-9-17-14(22-13)8-11-4-2-1-3-5-11/h1-5,9,12H,6-8,10H2,(H,20,21). The molecule has 1 amide bonds. The molecule has 1 N–H and O–H groups in total. The number of carboxylic acids is 1. The molecule has 2 aromatic rings. The smallest absolute Gasteiger partial charge is 0.308 e. The minimum Gasteiger partial charge on any atom is -0.481 e. The Labute approximate surface area is 132 Å². The van der Waals surface area contributed by atoms with Crippen LogP contribution >= 0.6 is 11.3 Å². The first-order valence-corrected chi connectivity index (χ1v) is 7.96. The maximum absolute atomic E-state index is 12.4. The number of likely N-dealkylation sites (tertiary alicyclic amines) is 1. The second-order valence-electron chi connectivity index (χ2n) is 5.36. The molecule has 0 radical (unpaired) electrons. The highest BCUT2D eigenvalue weighted by atomic mass is 32.1. The zero-order valence-electron chi connectivity index (χ0n) is 11.9. The summed E-state index contributed by atoms with van der Waals surface area (Å²) in [6.07, 6.45) is 2.83. The average Bonchev–Trinajstić information content (AvgIpc) is 3.17. The van der Waals surface area contributed by atoms with Crippen molar-refractivity contribution >= 4 is 23.2 Å². The van der Waals surface area contributed by atoms with Gasteiger partial charge in [0.25, 0.3) is 5.91 Å². The third kappa shape index (κ3) is 3.17. The first-order valence-electron chi connectivity index (χ1n) is 7.14. The number of aromatic nitrogens is 1. The van der Waals surface area contributed by atoms with Gasteiger partial charge >= 0.3 is 5.97 Å². The first kappa shape index (κ1) is 14.7. The fraction of sp³-hybridized carbons (Fsp3) is 0.312. The first-order chi connectivity index (χ1) is 10.6. The van der Waals surface area contributed by atoms with Crippen LogP contribution in [0.5, 0.6) is 0 Å². The summed E-state index contributed by atoms with van der Waals surface area (Å²) in [6.45, 7) is 0.793. The van der Waals surface area contributed by atoms with E-state index < -0.39 is 11.9 Å². The number of hydrogen-bond acceptors (Lipinski definition) is 4. The van der Waals surface area contributed by atoms with Crippen molar-refractivity contribution < 1.29 is 14.7 Å². The Bertz CT molecular complexity index is 684. The highest BCUT2D eigenvalue weighted by Crippen LogP contribution is 2.23. The molecular formula is C16H16N2O3S. The maximum Gasteiger partial charge on any atom is 0.308 e. The zero-order chi connectivity index (χ0) is 15.5. The van der Waals surface area contributed by atoms with Gasteiger partial charge in [-0.2, -0.15) is 0 Å². The molecule has 1 aromatic heterocycles. The summed E-state index contributed by atoms with van der Waals surface area (Å²) in [5.41, 5.74) is 1.16. The van der Waals surface area contributed by atoms with E-state index in [-0.39, 0.29) is 5.91 Å². The molecule has 6 heteroatoms. The van der Waals surface area contributed by atoms with Crippen LogP contribution in [-0.2, 0) is 11.2 Å². The van der Waals surface area contributed by atoms with E-state index in [2.05, 4.69) is 4.98 Å². The van der Waals surface area contributed by atoms with Crippen molar-refractivity contribution in [1.82, 2.24) is 9.88 Å². The van der Waals surface area contributed by atoms with Gasteiger partial charge in [-0.15, -0.1) is 11.3 Å². The lowest BCUT2D eigenvalue weighted by molar-refractivity contribution is -0.141. The van der Waals surface area contributed by atoms with Gasteiger partial charge in [0.2, 0.25) is 0 Å². The second-order valence-corrected chi connectivity index (χ2v) is 6.47. The van der Waals surface area contributed by atoms with Gasteiger partial charge in [0.05, 0.1) is 17.1 Å². The minimum absolute atomic E-state index is 0.111. The normalized spacial score (nSPS) is 17.6. The summed E-state index contributed by atoms with van der Waals surface area (Å²) in [5, 5.41) is 9.90. The van der Waals surface area contributed by atoms with Gasteiger partial charge < -0.3 is 10.0 Å². The van der Waals surface area contributed by atoms with Crippen LogP contribution in [-0.4, -0.2) is 40.0 Å². The SMILES string of the molecule is O=C(O)C1CCN(C(=O)c2cnc(Cc3ccccc3)s2)C1. The van der Waals surface area contributed by atoms with Crippen LogP contribution in [0.3, 0.4) is 0 Å². The van der Waals surface area contributed by atoms with E-state index in [4.69, 9.17) is 5.11 Å². The number of aliphatic carboxylic acids is 1. The Kier molecular flexibility index (Phi) is 4.20. The van der Waals surface area contributed by atoms with Gasteiger partial charge in [-0.05, 0) is 12.0 Å². The van der Waals surface area contributed by atoms with Crippen LogP contribution in [0.2, 0.25) is 0 Å². The number of carbonyl (C=O) groups excluding carboxylic acids is 1. The van der Waals surface area contributed by atoms with Crippen LogP contribution in [0, 0.1) is 5.92 Å². The van der Waals surface area contributed by atoms with Crippen molar-refractivity contribution in [2.45, 2.75) is 12.8 Å². The van der Waals surface area contributed by atoms with Crippen LogP contribution in [0.1, 0.15) is 26.7 Å². The minimum atomic E-state index is -0.829. The molecule has 0 saturated carbocycles. The van der Waals surface area contributed by atoms with E-state index in [9.17, 15) is 9.59 Å². The van der Waals surface area contributed by atoms with E-state index in [1.165, 1.54) is 11.3 Å². The van der Waals surface area contributed by atoms with Gasteiger partial charge in [0.1, 0.15) is 4.88 Å². The number of nitrogens with zero attached hydrogens (tertiary/aromatic N) is 2. The lowest BCUT2D eigenvalue weighted by Gasteiger charge is -2.13. The van der Waals surface area contributed by atoms with E-state index in [1.54, 1.807) is 11.1 Å². The van der Waals surface area contributed by atoms with Gasteiger partial charge in [-0.25, -0.2) is 4.98 Å². The molecule has 1 aliphatic rings. The van der Waals surface area contributed by atoms with Crippen molar-refractivity contribution in [3.8, 4) is 0 Å². The summed E-state index contributed by atoms with van der Waals surface area (Å²) in [6, 6.07) is 9.98. The molecule has 2 heterocycles. The summed E-state index contributed by atoms with van der Waals surface area (Å²) in [5.74, 6) is -1.38. The summed E-state index contributed by atoms with van der Waals surface area (Å²) in [4.78, 5) is 29.9. The molecule has 0 spiro atoms. The van der Waals surface area contributed by atoms with Crippen LogP contribution in [0.25, 0.3) is 0 Å². The van der Waals surface area contributed by atoms with Crippen LogP contribution in [0.15, 0.2) is 36.5 Å². The molecule has 1 saturated heterocycles. The summed E-state index contributed by atoms with van der Waals surface area (Å²) >= 11 is 1.38. The number of benzene rings is 1. The van der Waals surface area contributed by atoms with E-state index in [1.807, 2.05) is 30.3 Å². The quantitative estimate of drug-likeness (QED) is 0.939.